The molecule has 0 aliphatic carbocycles. The molecule has 0 bridgehead atoms. The molecule has 0 radical (unpaired) electrons. The van der Waals surface area contributed by atoms with E-state index in [0.717, 1.165) is 17.0 Å². The van der Waals surface area contributed by atoms with Crippen LogP contribution in [0.4, 0.5) is 11.4 Å². The predicted molar refractivity (Wildman–Crippen MR) is 110 cm³/mol. The normalized spacial score (nSPS) is 15.7. The third-order valence-electron chi connectivity index (χ3n) is 3.77. The van der Waals surface area contributed by atoms with Crippen molar-refractivity contribution in [3.8, 4) is 5.75 Å². The van der Waals surface area contributed by atoms with Gasteiger partial charge in [0.2, 0.25) is 5.75 Å². The number of hydrogen-bond donors (Lipinski definition) is 2. The van der Waals surface area contributed by atoms with Crippen LogP contribution in [0.25, 0.3) is 6.08 Å². The van der Waals surface area contributed by atoms with Gasteiger partial charge in [0.15, 0.2) is 5.11 Å². The second kappa shape index (κ2) is 7.66. The Kier molecular flexibility index (Phi) is 5.45. The van der Waals surface area contributed by atoms with E-state index in [-0.39, 0.29) is 20.7 Å². The number of carbonyl (C=O) groups is 2. The fourth-order valence-corrected chi connectivity index (χ4v) is 3.36. The van der Waals surface area contributed by atoms with Crippen molar-refractivity contribution in [2.24, 2.45) is 0 Å². The monoisotopic (exact) mass is 481 g/mol. The summed E-state index contributed by atoms with van der Waals surface area (Å²) in [5.41, 5.74) is -0.639. The van der Waals surface area contributed by atoms with Crippen LogP contribution in [0.2, 0.25) is 5.02 Å². The van der Waals surface area contributed by atoms with E-state index in [0.29, 0.717) is 10.7 Å². The first-order valence-corrected chi connectivity index (χ1v) is 9.11. The molecule has 0 atom stereocenters. The fourth-order valence-electron chi connectivity index (χ4n) is 2.49. The van der Waals surface area contributed by atoms with E-state index in [4.69, 9.17) is 23.8 Å². The number of halogens is 2. The first-order chi connectivity index (χ1) is 13.2. The fraction of sp³-hybridized carbons (Fsp3) is 0. The average Bonchev–Trinajstić information content (AvgIpc) is 2.62. The number of amides is 2. The van der Waals surface area contributed by atoms with Crippen molar-refractivity contribution in [3.63, 3.8) is 0 Å². The van der Waals surface area contributed by atoms with Gasteiger partial charge < -0.3 is 5.11 Å². The highest BCUT2D eigenvalue weighted by molar-refractivity contribution is 9.10. The summed E-state index contributed by atoms with van der Waals surface area (Å²) in [5.74, 6) is -2.21. The number of nitro groups is 1. The molecular formula is C17H9BrClN3O5S. The maximum atomic E-state index is 12.9. The van der Waals surface area contributed by atoms with Gasteiger partial charge in [-0.25, -0.2) is 0 Å². The summed E-state index contributed by atoms with van der Waals surface area (Å²) in [4.78, 5) is 36.6. The summed E-state index contributed by atoms with van der Waals surface area (Å²) in [7, 11) is 0. The number of nitrogens with zero attached hydrogens (tertiary/aromatic N) is 2. The lowest BCUT2D eigenvalue weighted by atomic mass is 10.1. The first kappa shape index (κ1) is 19.9. The molecule has 28 heavy (non-hydrogen) atoms. The summed E-state index contributed by atoms with van der Waals surface area (Å²) in [6.45, 7) is 0. The largest absolute Gasteiger partial charge is 0.502 e. The Morgan fingerprint density at radius 1 is 1.25 bits per heavy atom. The quantitative estimate of drug-likeness (QED) is 0.227. The van der Waals surface area contributed by atoms with E-state index < -0.39 is 28.2 Å². The summed E-state index contributed by atoms with van der Waals surface area (Å²) in [6.07, 6.45) is 1.06. The zero-order valence-electron chi connectivity index (χ0n) is 13.7. The molecule has 0 aromatic heterocycles. The minimum Gasteiger partial charge on any atom is -0.502 e. The summed E-state index contributed by atoms with van der Waals surface area (Å²) in [6, 6.07) is 8.64. The Labute approximate surface area is 176 Å². The molecule has 0 unspecified atom stereocenters. The summed E-state index contributed by atoms with van der Waals surface area (Å²) in [5, 5.41) is 23.9. The third kappa shape index (κ3) is 3.75. The van der Waals surface area contributed by atoms with E-state index in [2.05, 4.69) is 21.2 Å². The summed E-state index contributed by atoms with van der Waals surface area (Å²) < 4.78 is 0.289. The van der Waals surface area contributed by atoms with Gasteiger partial charge in [-0.15, -0.1) is 0 Å². The van der Waals surface area contributed by atoms with E-state index in [1.54, 1.807) is 24.3 Å². The molecule has 0 saturated carbocycles. The van der Waals surface area contributed by atoms with Crippen LogP contribution in [0.1, 0.15) is 5.56 Å². The number of thiocarbonyl (C=S) groups is 1. The van der Waals surface area contributed by atoms with Crippen molar-refractivity contribution in [1.82, 2.24) is 5.32 Å². The van der Waals surface area contributed by atoms with Gasteiger partial charge in [0, 0.05) is 21.1 Å². The molecular weight excluding hydrogens is 474 g/mol. The number of nitrogens with one attached hydrogen (secondary N) is 1. The predicted octanol–water partition coefficient (Wildman–Crippen LogP) is 3.55. The van der Waals surface area contributed by atoms with Crippen molar-refractivity contribution in [2.45, 2.75) is 0 Å². The zero-order valence-corrected chi connectivity index (χ0v) is 16.8. The van der Waals surface area contributed by atoms with Gasteiger partial charge in [-0.3, -0.25) is 29.9 Å². The lowest BCUT2D eigenvalue weighted by Crippen LogP contribution is -2.54. The van der Waals surface area contributed by atoms with Gasteiger partial charge in [0.05, 0.1) is 10.6 Å². The molecule has 1 saturated heterocycles. The minimum absolute atomic E-state index is 0.0801. The highest BCUT2D eigenvalue weighted by Crippen LogP contribution is 2.35. The summed E-state index contributed by atoms with van der Waals surface area (Å²) >= 11 is 14.0. The van der Waals surface area contributed by atoms with E-state index >= 15 is 0 Å². The van der Waals surface area contributed by atoms with Crippen molar-refractivity contribution in [3.05, 3.63) is 67.1 Å². The minimum atomic E-state index is -0.790. The lowest BCUT2D eigenvalue weighted by Gasteiger charge is -2.29. The Balaban J connectivity index is 2.09. The molecule has 3 rings (SSSR count). The highest BCUT2D eigenvalue weighted by Gasteiger charge is 2.35. The number of carbonyl (C=O) groups excluding carboxylic acids is 2. The SMILES string of the molecule is O=C1NC(=S)N(c2ccc(Cl)cc2)C(=O)C1=Cc1cc(Br)cc([N+](=O)[O-])c1O. The van der Waals surface area contributed by atoms with Crippen LogP contribution in [0.15, 0.2) is 46.4 Å². The van der Waals surface area contributed by atoms with Crippen molar-refractivity contribution >= 4 is 74.1 Å². The van der Waals surface area contributed by atoms with E-state index in [9.17, 15) is 24.8 Å². The Hall–Kier alpha value is -2.82. The number of phenols is 1. The van der Waals surface area contributed by atoms with Crippen LogP contribution in [0.3, 0.4) is 0 Å². The smallest absolute Gasteiger partial charge is 0.312 e. The molecule has 0 spiro atoms. The molecule has 2 aromatic carbocycles. The topological polar surface area (TPSA) is 113 Å². The van der Waals surface area contributed by atoms with Crippen LogP contribution in [0, 0.1) is 10.1 Å². The van der Waals surface area contributed by atoms with Gasteiger partial charge >= 0.3 is 5.69 Å². The first-order valence-electron chi connectivity index (χ1n) is 7.53. The Morgan fingerprint density at radius 3 is 2.50 bits per heavy atom. The number of nitro benzene ring substituents is 1. The maximum absolute atomic E-state index is 12.9. The van der Waals surface area contributed by atoms with Gasteiger partial charge in [-0.1, -0.05) is 27.5 Å². The molecule has 8 nitrogen and oxygen atoms in total. The highest BCUT2D eigenvalue weighted by atomic mass is 79.9. The van der Waals surface area contributed by atoms with Crippen molar-refractivity contribution in [2.75, 3.05) is 4.90 Å². The van der Waals surface area contributed by atoms with Crippen molar-refractivity contribution < 1.29 is 19.6 Å². The number of benzene rings is 2. The number of hydrogen-bond acceptors (Lipinski definition) is 6. The van der Waals surface area contributed by atoms with Crippen LogP contribution >= 0.6 is 39.7 Å². The van der Waals surface area contributed by atoms with Crippen LogP contribution in [-0.2, 0) is 9.59 Å². The Morgan fingerprint density at radius 2 is 1.89 bits per heavy atom. The zero-order chi connectivity index (χ0) is 20.6. The molecule has 1 aliphatic rings. The van der Waals surface area contributed by atoms with Gasteiger partial charge in [-0.05, 0) is 48.6 Å². The van der Waals surface area contributed by atoms with Gasteiger partial charge in [0.25, 0.3) is 11.8 Å². The lowest BCUT2D eigenvalue weighted by molar-refractivity contribution is -0.385. The van der Waals surface area contributed by atoms with Crippen molar-refractivity contribution in [1.29, 1.82) is 0 Å². The molecule has 2 aromatic rings. The molecule has 142 valence electrons. The second-order valence-corrected chi connectivity index (χ2v) is 7.29. The number of aromatic hydroxyl groups is 1. The Bertz CT molecular complexity index is 1070. The molecule has 2 N–H and O–H groups in total. The molecule has 1 heterocycles. The standard InChI is InChI=1S/C17H9BrClN3O5S/c18-9-5-8(14(23)13(7-9)22(26)27)6-12-15(24)20-17(28)21(16(12)25)11-3-1-10(19)2-4-11/h1-7,23H,(H,20,24,28). The van der Waals surface area contributed by atoms with E-state index in [1.807, 2.05) is 0 Å². The molecule has 11 heteroatoms. The molecule has 2 amide bonds. The molecule has 1 aliphatic heterocycles. The number of anilines is 1. The van der Waals surface area contributed by atoms with E-state index in [1.165, 1.54) is 6.07 Å². The third-order valence-corrected chi connectivity index (χ3v) is 4.76. The number of phenolic OH excluding ortho intramolecular Hbond substituents is 1. The van der Waals surface area contributed by atoms with Gasteiger partial charge in [-0.2, -0.15) is 0 Å². The van der Waals surface area contributed by atoms with Gasteiger partial charge in [0.1, 0.15) is 5.57 Å². The average molecular weight is 483 g/mol. The van der Waals surface area contributed by atoms with Crippen LogP contribution < -0.4 is 10.2 Å². The second-order valence-electron chi connectivity index (χ2n) is 5.55. The van der Waals surface area contributed by atoms with Crippen LogP contribution in [0.5, 0.6) is 5.75 Å². The van der Waals surface area contributed by atoms with Crippen LogP contribution in [-0.4, -0.2) is 27.0 Å². The maximum Gasteiger partial charge on any atom is 0.312 e. The molecule has 1 fully saturated rings. The number of rotatable bonds is 3.